The molecule has 18 heavy (non-hydrogen) atoms. The largest absolute Gasteiger partial charge is 0.373 e. The first kappa shape index (κ1) is 12.3. The molecule has 0 aliphatic rings. The summed E-state index contributed by atoms with van der Waals surface area (Å²) in [5, 5.41) is 10.7. The molecule has 2 aromatic heterocycles. The van der Waals surface area contributed by atoms with Crippen LogP contribution in [0.1, 0.15) is 18.4 Å². The van der Waals surface area contributed by atoms with E-state index in [1.54, 1.807) is 4.68 Å². The molecule has 0 radical (unpaired) electrons. The molecule has 0 bridgehead atoms. The van der Waals surface area contributed by atoms with Crippen molar-refractivity contribution in [3.05, 3.63) is 23.8 Å². The third-order valence-corrected chi connectivity index (χ3v) is 2.60. The molecule has 0 amide bonds. The van der Waals surface area contributed by atoms with E-state index in [1.807, 2.05) is 33.3 Å². The maximum absolute atomic E-state index is 4.39. The van der Waals surface area contributed by atoms with Gasteiger partial charge in [0.2, 0.25) is 0 Å². The molecule has 2 heterocycles. The summed E-state index contributed by atoms with van der Waals surface area (Å²) in [6.07, 6.45) is 2.83. The van der Waals surface area contributed by atoms with Crippen molar-refractivity contribution in [1.29, 1.82) is 0 Å². The van der Waals surface area contributed by atoms with Gasteiger partial charge in [-0.25, -0.2) is 9.97 Å². The molecule has 0 aromatic carbocycles. The molecule has 0 spiro atoms. The lowest BCUT2D eigenvalue weighted by Crippen LogP contribution is -2.01. The maximum atomic E-state index is 4.39. The third-order valence-electron chi connectivity index (χ3n) is 2.60. The zero-order valence-corrected chi connectivity index (χ0v) is 11.2. The molecular formula is C12H18N6. The first-order valence-electron chi connectivity index (χ1n) is 5.95. The quantitative estimate of drug-likeness (QED) is 0.862. The van der Waals surface area contributed by atoms with Crippen LogP contribution in [0.2, 0.25) is 0 Å². The summed E-state index contributed by atoms with van der Waals surface area (Å²) < 4.78 is 1.80. The van der Waals surface area contributed by atoms with Crippen LogP contribution >= 0.6 is 0 Å². The van der Waals surface area contributed by atoms with Crippen molar-refractivity contribution in [3.63, 3.8) is 0 Å². The van der Waals surface area contributed by atoms with Gasteiger partial charge in [0.05, 0.1) is 11.4 Å². The van der Waals surface area contributed by atoms with E-state index in [-0.39, 0.29) is 0 Å². The molecule has 0 unspecified atom stereocenters. The minimum absolute atomic E-state index is 0.728. The van der Waals surface area contributed by atoms with Gasteiger partial charge in [-0.05, 0) is 13.3 Å². The van der Waals surface area contributed by atoms with Crippen LogP contribution in [0.25, 0.3) is 0 Å². The van der Waals surface area contributed by atoms with Crippen molar-refractivity contribution < 1.29 is 0 Å². The fourth-order valence-electron chi connectivity index (χ4n) is 1.80. The monoisotopic (exact) mass is 246 g/mol. The SMILES string of the molecule is CCc1nn(C)cc1Nc1cc(NC)nc(C)n1. The number of hydrogen-bond acceptors (Lipinski definition) is 5. The summed E-state index contributed by atoms with van der Waals surface area (Å²) in [5.74, 6) is 2.30. The number of hydrogen-bond donors (Lipinski definition) is 2. The van der Waals surface area contributed by atoms with Gasteiger partial charge in [-0.2, -0.15) is 5.10 Å². The van der Waals surface area contributed by atoms with Crippen LogP contribution in [0.5, 0.6) is 0 Å². The number of nitrogens with zero attached hydrogens (tertiary/aromatic N) is 4. The average Bonchev–Trinajstić information content (AvgIpc) is 2.68. The Kier molecular flexibility index (Phi) is 3.45. The van der Waals surface area contributed by atoms with Gasteiger partial charge in [-0.1, -0.05) is 6.92 Å². The summed E-state index contributed by atoms with van der Waals surface area (Å²) in [4.78, 5) is 8.62. The van der Waals surface area contributed by atoms with Crippen LogP contribution < -0.4 is 10.6 Å². The second-order valence-corrected chi connectivity index (χ2v) is 4.08. The normalized spacial score (nSPS) is 10.4. The molecule has 0 fully saturated rings. The number of nitrogens with one attached hydrogen (secondary N) is 2. The third kappa shape index (κ3) is 2.58. The van der Waals surface area contributed by atoms with Crippen molar-refractivity contribution in [2.75, 3.05) is 17.7 Å². The predicted octanol–water partition coefficient (Wildman–Crippen LogP) is 1.87. The van der Waals surface area contributed by atoms with Crippen molar-refractivity contribution >= 4 is 17.3 Å². The summed E-state index contributed by atoms with van der Waals surface area (Å²) in [5.41, 5.74) is 2.01. The van der Waals surface area contributed by atoms with Crippen LogP contribution in [0.3, 0.4) is 0 Å². The molecule has 0 saturated carbocycles. The smallest absolute Gasteiger partial charge is 0.136 e. The summed E-state index contributed by atoms with van der Waals surface area (Å²) in [6, 6.07) is 1.87. The van der Waals surface area contributed by atoms with Gasteiger partial charge < -0.3 is 10.6 Å². The fraction of sp³-hybridized carbons (Fsp3) is 0.417. The second-order valence-electron chi connectivity index (χ2n) is 4.08. The van der Waals surface area contributed by atoms with Crippen LogP contribution in [-0.4, -0.2) is 26.8 Å². The fourth-order valence-corrected chi connectivity index (χ4v) is 1.80. The van der Waals surface area contributed by atoms with Crippen LogP contribution in [-0.2, 0) is 13.5 Å². The van der Waals surface area contributed by atoms with E-state index in [4.69, 9.17) is 0 Å². The van der Waals surface area contributed by atoms with Gasteiger partial charge in [0.1, 0.15) is 17.5 Å². The van der Waals surface area contributed by atoms with Crippen molar-refractivity contribution in [2.45, 2.75) is 20.3 Å². The second kappa shape index (κ2) is 5.03. The van der Waals surface area contributed by atoms with E-state index in [0.29, 0.717) is 0 Å². The summed E-state index contributed by atoms with van der Waals surface area (Å²) >= 11 is 0. The van der Waals surface area contributed by atoms with Crippen molar-refractivity contribution in [3.8, 4) is 0 Å². The van der Waals surface area contributed by atoms with Crippen LogP contribution in [0.15, 0.2) is 12.3 Å². The van der Waals surface area contributed by atoms with Gasteiger partial charge in [-0.15, -0.1) is 0 Å². The van der Waals surface area contributed by atoms with Gasteiger partial charge in [0.25, 0.3) is 0 Å². The standard InChI is InChI=1S/C12H18N6/c1-5-9-10(7-18(4)17-9)16-12-6-11(13-3)14-8(2)15-12/h6-7H,5H2,1-4H3,(H2,13,14,15,16). The lowest BCUT2D eigenvalue weighted by atomic mass is 10.3. The summed E-state index contributed by atoms with van der Waals surface area (Å²) in [6.45, 7) is 3.95. The molecule has 6 nitrogen and oxygen atoms in total. The topological polar surface area (TPSA) is 67.7 Å². The minimum Gasteiger partial charge on any atom is -0.373 e. The molecule has 0 aliphatic carbocycles. The number of aromatic nitrogens is 4. The Balaban J connectivity index is 2.30. The Morgan fingerprint density at radius 1 is 1.28 bits per heavy atom. The lowest BCUT2D eigenvalue weighted by molar-refractivity contribution is 0.746. The van der Waals surface area contributed by atoms with E-state index >= 15 is 0 Å². The average molecular weight is 246 g/mol. The first-order valence-corrected chi connectivity index (χ1v) is 5.95. The van der Waals surface area contributed by atoms with Gasteiger partial charge >= 0.3 is 0 Å². The van der Waals surface area contributed by atoms with Gasteiger partial charge in [-0.3, -0.25) is 4.68 Å². The van der Waals surface area contributed by atoms with E-state index in [1.165, 1.54) is 0 Å². The molecule has 2 N–H and O–H groups in total. The zero-order valence-electron chi connectivity index (χ0n) is 11.2. The van der Waals surface area contributed by atoms with Crippen LogP contribution in [0.4, 0.5) is 17.3 Å². The Morgan fingerprint density at radius 2 is 2.00 bits per heavy atom. The molecule has 0 aliphatic heterocycles. The van der Waals surface area contributed by atoms with E-state index < -0.39 is 0 Å². The Morgan fingerprint density at radius 3 is 2.67 bits per heavy atom. The molecule has 0 saturated heterocycles. The van der Waals surface area contributed by atoms with E-state index in [0.717, 1.165) is 35.3 Å². The number of rotatable bonds is 4. The Labute approximate surface area is 106 Å². The molecular weight excluding hydrogens is 228 g/mol. The highest BCUT2D eigenvalue weighted by Crippen LogP contribution is 2.20. The Hall–Kier alpha value is -2.11. The predicted molar refractivity (Wildman–Crippen MR) is 72.2 cm³/mol. The minimum atomic E-state index is 0.728. The molecule has 6 heteroatoms. The maximum Gasteiger partial charge on any atom is 0.136 e. The van der Waals surface area contributed by atoms with Gasteiger partial charge in [0.15, 0.2) is 0 Å². The highest BCUT2D eigenvalue weighted by molar-refractivity contribution is 5.60. The molecule has 2 aromatic rings. The summed E-state index contributed by atoms with van der Waals surface area (Å²) in [7, 11) is 3.75. The van der Waals surface area contributed by atoms with Crippen molar-refractivity contribution in [2.24, 2.45) is 7.05 Å². The zero-order chi connectivity index (χ0) is 13.1. The number of anilines is 3. The van der Waals surface area contributed by atoms with Gasteiger partial charge in [0, 0.05) is 26.4 Å². The van der Waals surface area contributed by atoms with E-state index in [2.05, 4.69) is 32.6 Å². The Bertz CT molecular complexity index is 545. The lowest BCUT2D eigenvalue weighted by Gasteiger charge is -2.07. The first-order chi connectivity index (χ1) is 8.62. The molecule has 2 rings (SSSR count). The van der Waals surface area contributed by atoms with Crippen molar-refractivity contribution in [1.82, 2.24) is 19.7 Å². The molecule has 96 valence electrons. The van der Waals surface area contributed by atoms with Crippen LogP contribution in [0, 0.1) is 6.92 Å². The highest BCUT2D eigenvalue weighted by atomic mass is 15.3. The number of aryl methyl sites for hydroxylation is 3. The molecule has 0 atom stereocenters. The van der Waals surface area contributed by atoms with E-state index in [9.17, 15) is 0 Å². The highest BCUT2D eigenvalue weighted by Gasteiger charge is 2.07.